The topological polar surface area (TPSA) is 66.5 Å². The first-order valence-electron chi connectivity index (χ1n) is 7.59. The number of carbonyl (C=O) groups is 1. The molecule has 0 aromatic heterocycles. The first-order chi connectivity index (χ1) is 11.4. The van der Waals surface area contributed by atoms with Gasteiger partial charge in [-0.2, -0.15) is 0 Å². The Morgan fingerprint density at radius 2 is 1.67 bits per heavy atom. The molecule has 24 heavy (non-hydrogen) atoms. The van der Waals surface area contributed by atoms with Crippen molar-refractivity contribution < 1.29 is 17.6 Å². The van der Waals surface area contributed by atoms with Crippen LogP contribution in [0.5, 0.6) is 0 Å². The second-order valence-corrected chi connectivity index (χ2v) is 7.35. The van der Waals surface area contributed by atoms with Gasteiger partial charge in [0.25, 0.3) is 10.0 Å². The highest BCUT2D eigenvalue weighted by atomic mass is 32.2. The van der Waals surface area contributed by atoms with Crippen molar-refractivity contribution in [2.24, 2.45) is 0 Å². The first-order valence-corrected chi connectivity index (χ1v) is 9.07. The highest BCUT2D eigenvalue weighted by Crippen LogP contribution is 2.18. The highest BCUT2D eigenvalue weighted by Gasteiger charge is 2.20. The van der Waals surface area contributed by atoms with Crippen molar-refractivity contribution in [3.8, 4) is 0 Å². The number of hydrogen-bond acceptors (Lipinski definition) is 3. The number of rotatable bonds is 5. The van der Waals surface area contributed by atoms with Gasteiger partial charge in [-0.3, -0.25) is 9.52 Å². The molecule has 2 aromatic rings. The van der Waals surface area contributed by atoms with Crippen LogP contribution in [0.1, 0.15) is 12.0 Å². The number of hydrogen-bond donors (Lipinski definition) is 1. The molecule has 2 aromatic carbocycles. The van der Waals surface area contributed by atoms with Crippen LogP contribution in [0, 0.1) is 5.82 Å². The second-order valence-electron chi connectivity index (χ2n) is 5.67. The predicted molar refractivity (Wildman–Crippen MR) is 88.6 cm³/mol. The molecule has 1 saturated heterocycles. The van der Waals surface area contributed by atoms with Gasteiger partial charge in [-0.25, -0.2) is 12.8 Å². The number of halogens is 1. The summed E-state index contributed by atoms with van der Waals surface area (Å²) in [6.45, 7) is 1.63. The number of benzene rings is 2. The van der Waals surface area contributed by atoms with E-state index >= 15 is 0 Å². The Morgan fingerprint density at radius 1 is 1.04 bits per heavy atom. The Bertz CT molecular complexity index is 829. The summed E-state index contributed by atoms with van der Waals surface area (Å²) in [6.07, 6.45) is 1.36. The van der Waals surface area contributed by atoms with Gasteiger partial charge in [-0.05, 0) is 48.4 Å². The molecule has 0 bridgehead atoms. The highest BCUT2D eigenvalue weighted by molar-refractivity contribution is 7.92. The van der Waals surface area contributed by atoms with Gasteiger partial charge in [0.2, 0.25) is 5.91 Å². The van der Waals surface area contributed by atoms with Crippen molar-refractivity contribution in [1.29, 1.82) is 0 Å². The van der Waals surface area contributed by atoms with Crippen LogP contribution in [0.4, 0.5) is 10.1 Å². The molecule has 1 aliphatic heterocycles. The molecule has 0 aliphatic carbocycles. The largest absolute Gasteiger partial charge is 0.342 e. The third kappa shape index (κ3) is 3.73. The maximum atomic E-state index is 12.9. The van der Waals surface area contributed by atoms with Crippen LogP contribution in [0.15, 0.2) is 53.4 Å². The van der Waals surface area contributed by atoms with Crippen LogP contribution >= 0.6 is 0 Å². The zero-order valence-electron chi connectivity index (χ0n) is 12.9. The summed E-state index contributed by atoms with van der Waals surface area (Å²) in [6, 6.07) is 11.3. The van der Waals surface area contributed by atoms with Crippen LogP contribution < -0.4 is 4.72 Å². The van der Waals surface area contributed by atoms with Crippen LogP contribution in [-0.4, -0.2) is 32.3 Å². The lowest BCUT2D eigenvalue weighted by Crippen LogP contribution is -2.42. The van der Waals surface area contributed by atoms with E-state index in [0.717, 1.165) is 37.2 Å². The standard InChI is InChI=1S/C17H17FN2O3S/c18-14-4-8-16(9-5-14)24(22,23)19-15-6-2-13(3-7-15)12-17(21)20-10-1-11-20/h2-9,19H,1,10-12H2. The molecule has 0 spiro atoms. The number of nitrogens with zero attached hydrogens (tertiary/aromatic N) is 1. The van der Waals surface area contributed by atoms with Crippen molar-refractivity contribution in [3.63, 3.8) is 0 Å². The first kappa shape index (κ1) is 16.4. The maximum Gasteiger partial charge on any atom is 0.261 e. The summed E-state index contributed by atoms with van der Waals surface area (Å²) < 4.78 is 39.8. The Morgan fingerprint density at radius 3 is 2.21 bits per heavy atom. The molecule has 0 saturated carbocycles. The molecule has 1 aliphatic rings. The van der Waals surface area contributed by atoms with Crippen molar-refractivity contribution in [2.75, 3.05) is 17.8 Å². The minimum absolute atomic E-state index is 0.0130. The van der Waals surface area contributed by atoms with E-state index < -0.39 is 15.8 Å². The Kier molecular flexibility index (Phi) is 4.53. The van der Waals surface area contributed by atoms with Crippen LogP contribution in [0.2, 0.25) is 0 Å². The molecule has 126 valence electrons. The Labute approximate surface area is 140 Å². The molecule has 0 radical (unpaired) electrons. The monoisotopic (exact) mass is 348 g/mol. The van der Waals surface area contributed by atoms with Gasteiger partial charge < -0.3 is 4.90 Å². The predicted octanol–water partition coefficient (Wildman–Crippen LogP) is 2.40. The van der Waals surface area contributed by atoms with Crippen molar-refractivity contribution >= 4 is 21.6 Å². The lowest BCUT2D eigenvalue weighted by Gasteiger charge is -2.30. The van der Waals surface area contributed by atoms with Crippen molar-refractivity contribution in [1.82, 2.24) is 4.90 Å². The molecule has 5 nitrogen and oxygen atoms in total. The molecule has 0 atom stereocenters. The SMILES string of the molecule is O=C(Cc1ccc(NS(=O)(=O)c2ccc(F)cc2)cc1)N1CCC1. The fraction of sp³-hybridized carbons (Fsp3) is 0.235. The summed E-state index contributed by atoms with van der Waals surface area (Å²) in [5, 5.41) is 0. The molecule has 0 unspecified atom stereocenters. The molecule has 7 heteroatoms. The number of carbonyl (C=O) groups excluding carboxylic acids is 1. The van der Waals surface area contributed by atoms with E-state index in [-0.39, 0.29) is 10.8 Å². The number of likely N-dealkylation sites (tertiary alicyclic amines) is 1. The zero-order chi connectivity index (χ0) is 17.2. The van der Waals surface area contributed by atoms with E-state index in [1.54, 1.807) is 29.2 Å². The number of sulfonamides is 1. The van der Waals surface area contributed by atoms with Crippen LogP contribution in [0.25, 0.3) is 0 Å². The average Bonchev–Trinajstić information content (AvgIpc) is 2.47. The zero-order valence-corrected chi connectivity index (χ0v) is 13.7. The van der Waals surface area contributed by atoms with E-state index in [4.69, 9.17) is 0 Å². The smallest absolute Gasteiger partial charge is 0.261 e. The van der Waals surface area contributed by atoms with Gasteiger partial charge >= 0.3 is 0 Å². The second kappa shape index (κ2) is 6.60. The van der Waals surface area contributed by atoms with Crippen molar-refractivity contribution in [2.45, 2.75) is 17.7 Å². The molecule has 1 amide bonds. The summed E-state index contributed by atoms with van der Waals surface area (Å²) >= 11 is 0. The van der Waals surface area contributed by atoms with Crippen molar-refractivity contribution in [3.05, 3.63) is 59.9 Å². The van der Waals surface area contributed by atoms with Gasteiger partial charge in [0.1, 0.15) is 5.82 Å². The molecule has 1 fully saturated rings. The Balaban J connectivity index is 1.67. The number of nitrogens with one attached hydrogen (secondary N) is 1. The third-order valence-electron chi connectivity index (χ3n) is 3.89. The lowest BCUT2D eigenvalue weighted by atomic mass is 10.1. The quantitative estimate of drug-likeness (QED) is 0.902. The fourth-order valence-electron chi connectivity index (χ4n) is 2.37. The fourth-order valence-corrected chi connectivity index (χ4v) is 3.43. The van der Waals surface area contributed by atoms with Gasteiger partial charge in [0.15, 0.2) is 0 Å². The van der Waals surface area contributed by atoms with E-state index in [1.807, 2.05) is 0 Å². The normalized spacial score (nSPS) is 14.1. The van der Waals surface area contributed by atoms with Crippen LogP contribution in [0.3, 0.4) is 0 Å². The van der Waals surface area contributed by atoms with Gasteiger partial charge in [-0.15, -0.1) is 0 Å². The van der Waals surface area contributed by atoms with E-state index in [0.29, 0.717) is 12.1 Å². The minimum atomic E-state index is -3.77. The van der Waals surface area contributed by atoms with Crippen LogP contribution in [-0.2, 0) is 21.2 Å². The van der Waals surface area contributed by atoms with Gasteiger partial charge in [0, 0.05) is 18.8 Å². The molecule has 1 N–H and O–H groups in total. The van der Waals surface area contributed by atoms with E-state index in [9.17, 15) is 17.6 Å². The summed E-state index contributed by atoms with van der Waals surface area (Å²) in [5.41, 5.74) is 1.22. The maximum absolute atomic E-state index is 12.9. The van der Waals surface area contributed by atoms with E-state index in [2.05, 4.69) is 4.72 Å². The summed E-state index contributed by atoms with van der Waals surface area (Å²) in [4.78, 5) is 13.7. The summed E-state index contributed by atoms with van der Waals surface area (Å²) in [5.74, 6) is -0.411. The van der Waals surface area contributed by atoms with Gasteiger partial charge in [0.05, 0.1) is 11.3 Å². The van der Waals surface area contributed by atoms with Gasteiger partial charge in [-0.1, -0.05) is 12.1 Å². The number of anilines is 1. The molecular formula is C17H17FN2O3S. The average molecular weight is 348 g/mol. The minimum Gasteiger partial charge on any atom is -0.342 e. The Hall–Kier alpha value is -2.41. The third-order valence-corrected chi connectivity index (χ3v) is 5.29. The molecule has 1 heterocycles. The lowest BCUT2D eigenvalue weighted by molar-refractivity contribution is -0.133. The summed E-state index contributed by atoms with van der Waals surface area (Å²) in [7, 11) is -3.77. The molecular weight excluding hydrogens is 331 g/mol. The van der Waals surface area contributed by atoms with E-state index in [1.165, 1.54) is 12.1 Å². The molecule has 3 rings (SSSR count). The number of amides is 1.